The molecule has 0 aliphatic heterocycles. The third-order valence-electron chi connectivity index (χ3n) is 3.66. The van der Waals surface area contributed by atoms with Crippen LogP contribution in [0.4, 0.5) is 20.2 Å². The number of amides is 1. The van der Waals surface area contributed by atoms with E-state index in [9.17, 15) is 18.7 Å². The minimum Gasteiger partial charge on any atom is -0.493 e. The molecule has 0 heterocycles. The van der Waals surface area contributed by atoms with Crippen LogP contribution < -0.4 is 15.8 Å². The van der Waals surface area contributed by atoms with Crippen molar-refractivity contribution in [3.05, 3.63) is 51.1 Å². The van der Waals surface area contributed by atoms with Crippen LogP contribution in [0.1, 0.15) is 23.2 Å². The summed E-state index contributed by atoms with van der Waals surface area (Å²) >= 11 is 1.95. The molecule has 2 rings (SSSR count). The molecule has 0 spiro atoms. The van der Waals surface area contributed by atoms with Crippen LogP contribution in [0.5, 0.6) is 5.75 Å². The van der Waals surface area contributed by atoms with Crippen molar-refractivity contribution in [3.8, 4) is 5.75 Å². The second-order valence-corrected chi connectivity index (χ2v) is 7.01. The van der Waals surface area contributed by atoms with Crippen LogP contribution >= 0.6 is 22.6 Å². The van der Waals surface area contributed by atoms with Crippen molar-refractivity contribution in [1.82, 2.24) is 0 Å². The van der Waals surface area contributed by atoms with Crippen LogP contribution in [0.25, 0.3) is 0 Å². The maximum atomic E-state index is 14.1. The summed E-state index contributed by atoms with van der Waals surface area (Å²) in [6, 6.07) is 6.44. The monoisotopic (exact) mass is 492 g/mol. The van der Waals surface area contributed by atoms with Crippen molar-refractivity contribution >= 4 is 39.9 Å². The van der Waals surface area contributed by atoms with Crippen LogP contribution in [0.2, 0.25) is 0 Å². The average Bonchev–Trinajstić information content (AvgIpc) is 2.60. The van der Waals surface area contributed by atoms with Crippen LogP contribution in [-0.4, -0.2) is 35.4 Å². The number of nitrogens with two attached hydrogens (primary N) is 1. The molecular formula is C18H19F2IN2O4. The summed E-state index contributed by atoms with van der Waals surface area (Å²) in [7, 11) is 0. The Bertz CT molecular complexity index is 820. The molecule has 0 unspecified atom stereocenters. The highest BCUT2D eigenvalue weighted by atomic mass is 127. The Morgan fingerprint density at radius 1 is 1.26 bits per heavy atom. The number of rotatable bonds is 9. The number of aliphatic hydroxyl groups excluding tert-OH is 2. The van der Waals surface area contributed by atoms with Gasteiger partial charge in [0.05, 0.1) is 30.7 Å². The second kappa shape index (κ2) is 9.81. The van der Waals surface area contributed by atoms with Gasteiger partial charge in [-0.2, -0.15) is 0 Å². The van der Waals surface area contributed by atoms with Crippen LogP contribution in [0.3, 0.4) is 0 Å². The standard InChI is InChI=1S/C18H19F2IN2O4/c19-10-6-15(23-14-4-3-11(21)8-13(14)20)17(18(22)26)16(7-10)27-5-1-2-12(25)9-24/h3-4,6-8,12,23-25H,1-2,5,9H2,(H2,22,26)/t12-/m0/s1. The average molecular weight is 492 g/mol. The SMILES string of the molecule is NC(=O)c1c(Nc2ccc(I)cc2F)cc(F)cc1OCCC[C@H](O)CO. The van der Waals surface area contributed by atoms with Gasteiger partial charge in [-0.25, -0.2) is 8.78 Å². The van der Waals surface area contributed by atoms with Gasteiger partial charge in [-0.1, -0.05) is 0 Å². The zero-order valence-electron chi connectivity index (χ0n) is 14.2. The Hall–Kier alpha value is -1.98. The number of ether oxygens (including phenoxy) is 1. The minimum absolute atomic E-state index is 0.0204. The first-order chi connectivity index (χ1) is 12.8. The molecule has 0 bridgehead atoms. The van der Waals surface area contributed by atoms with Gasteiger partial charge < -0.3 is 26.0 Å². The van der Waals surface area contributed by atoms with Gasteiger partial charge in [0.15, 0.2) is 0 Å². The summed E-state index contributed by atoms with van der Waals surface area (Å²) in [4.78, 5) is 11.9. The topological polar surface area (TPSA) is 105 Å². The fourth-order valence-corrected chi connectivity index (χ4v) is 2.83. The molecule has 0 aromatic heterocycles. The number of carbonyl (C=O) groups is 1. The number of hydrogen-bond acceptors (Lipinski definition) is 5. The molecule has 2 aromatic carbocycles. The van der Waals surface area contributed by atoms with Gasteiger partial charge in [0.2, 0.25) is 0 Å². The lowest BCUT2D eigenvalue weighted by Gasteiger charge is -2.16. The summed E-state index contributed by atoms with van der Waals surface area (Å²) < 4.78 is 34.2. The molecule has 9 heteroatoms. The summed E-state index contributed by atoms with van der Waals surface area (Å²) in [5.41, 5.74) is 5.33. The first-order valence-corrected chi connectivity index (χ1v) is 9.16. The normalized spacial score (nSPS) is 11.9. The number of benzene rings is 2. The molecule has 0 saturated carbocycles. The van der Waals surface area contributed by atoms with Gasteiger partial charge in [0, 0.05) is 9.64 Å². The van der Waals surface area contributed by atoms with Crippen LogP contribution in [0, 0.1) is 15.2 Å². The van der Waals surface area contributed by atoms with Crippen molar-refractivity contribution in [3.63, 3.8) is 0 Å². The number of primary amides is 1. The fourth-order valence-electron chi connectivity index (χ4n) is 2.38. The Labute approximate surface area is 168 Å². The summed E-state index contributed by atoms with van der Waals surface area (Å²) in [5, 5.41) is 20.8. The molecule has 2 aromatic rings. The number of anilines is 2. The molecule has 0 radical (unpaired) electrons. The number of halogens is 3. The largest absolute Gasteiger partial charge is 0.493 e. The van der Waals surface area contributed by atoms with E-state index in [1.54, 1.807) is 6.07 Å². The van der Waals surface area contributed by atoms with E-state index in [1.807, 2.05) is 22.6 Å². The smallest absolute Gasteiger partial charge is 0.254 e. The van der Waals surface area contributed by atoms with Crippen LogP contribution in [-0.2, 0) is 0 Å². The van der Waals surface area contributed by atoms with Gasteiger partial charge in [0.25, 0.3) is 5.91 Å². The second-order valence-electron chi connectivity index (χ2n) is 5.77. The zero-order valence-corrected chi connectivity index (χ0v) is 16.4. The lowest BCUT2D eigenvalue weighted by atomic mass is 10.1. The molecule has 27 heavy (non-hydrogen) atoms. The molecule has 5 N–H and O–H groups in total. The summed E-state index contributed by atoms with van der Waals surface area (Å²) in [6.07, 6.45) is -0.237. The van der Waals surface area contributed by atoms with Gasteiger partial charge in [-0.3, -0.25) is 4.79 Å². The van der Waals surface area contributed by atoms with Gasteiger partial charge >= 0.3 is 0 Å². The predicted molar refractivity (Wildman–Crippen MR) is 105 cm³/mol. The van der Waals surface area contributed by atoms with E-state index < -0.39 is 23.6 Å². The molecule has 0 aliphatic rings. The minimum atomic E-state index is -0.877. The van der Waals surface area contributed by atoms with E-state index in [0.29, 0.717) is 9.99 Å². The van der Waals surface area contributed by atoms with Crippen molar-refractivity contribution in [1.29, 1.82) is 0 Å². The Kier molecular flexibility index (Phi) is 7.75. The molecule has 0 fully saturated rings. The number of carbonyl (C=O) groups excluding carboxylic acids is 1. The maximum Gasteiger partial charge on any atom is 0.254 e. The lowest BCUT2D eigenvalue weighted by molar-refractivity contribution is 0.0826. The van der Waals surface area contributed by atoms with E-state index in [0.717, 1.165) is 12.1 Å². The first kappa shape index (κ1) is 21.3. The first-order valence-electron chi connectivity index (χ1n) is 8.09. The van der Waals surface area contributed by atoms with E-state index >= 15 is 0 Å². The quantitative estimate of drug-likeness (QED) is 0.319. The molecular weight excluding hydrogens is 473 g/mol. The molecule has 0 saturated heterocycles. The van der Waals surface area contributed by atoms with Gasteiger partial charge in [-0.15, -0.1) is 0 Å². The number of nitrogens with one attached hydrogen (secondary N) is 1. The van der Waals surface area contributed by atoms with Crippen molar-refractivity contribution in [2.24, 2.45) is 5.73 Å². The van der Waals surface area contributed by atoms with Gasteiger partial charge in [0.1, 0.15) is 22.9 Å². The van der Waals surface area contributed by atoms with Crippen molar-refractivity contribution < 1.29 is 28.5 Å². The maximum absolute atomic E-state index is 14.1. The van der Waals surface area contributed by atoms with E-state index in [4.69, 9.17) is 15.6 Å². The van der Waals surface area contributed by atoms with E-state index in [2.05, 4.69) is 5.32 Å². The highest BCUT2D eigenvalue weighted by molar-refractivity contribution is 14.1. The molecule has 146 valence electrons. The third-order valence-corrected chi connectivity index (χ3v) is 4.33. The van der Waals surface area contributed by atoms with Gasteiger partial charge in [-0.05, 0) is 59.7 Å². The Morgan fingerprint density at radius 3 is 2.63 bits per heavy atom. The molecule has 1 atom stereocenters. The third kappa shape index (κ3) is 6.01. The van der Waals surface area contributed by atoms with E-state index in [-0.39, 0.29) is 42.3 Å². The molecule has 1 amide bonds. The Balaban J connectivity index is 2.26. The van der Waals surface area contributed by atoms with Crippen LogP contribution in [0.15, 0.2) is 30.3 Å². The molecule has 0 aliphatic carbocycles. The van der Waals surface area contributed by atoms with Crippen molar-refractivity contribution in [2.75, 3.05) is 18.5 Å². The van der Waals surface area contributed by atoms with E-state index in [1.165, 1.54) is 12.1 Å². The van der Waals surface area contributed by atoms with Crippen molar-refractivity contribution in [2.45, 2.75) is 18.9 Å². The molecule has 6 nitrogen and oxygen atoms in total. The number of aliphatic hydroxyl groups is 2. The summed E-state index contributed by atoms with van der Waals surface area (Å²) in [6.45, 7) is -0.305. The zero-order chi connectivity index (χ0) is 20.0. The Morgan fingerprint density at radius 2 is 2.00 bits per heavy atom. The lowest BCUT2D eigenvalue weighted by Crippen LogP contribution is -2.17. The highest BCUT2D eigenvalue weighted by Gasteiger charge is 2.19. The number of hydrogen-bond donors (Lipinski definition) is 4. The highest BCUT2D eigenvalue weighted by Crippen LogP contribution is 2.31. The fraction of sp³-hybridized carbons (Fsp3) is 0.278. The predicted octanol–water partition coefficient (Wildman–Crippen LogP) is 2.92. The summed E-state index contributed by atoms with van der Waals surface area (Å²) in [5.74, 6) is -2.22.